The Bertz CT molecular complexity index is 199. The Morgan fingerprint density at radius 3 is 1.62 bits per heavy atom. The van der Waals surface area contributed by atoms with E-state index in [9.17, 15) is 4.79 Å². The molecule has 0 aromatic heterocycles. The molecule has 98 valence electrons. The molecular formula is C13H30N2O. The van der Waals surface area contributed by atoms with Crippen LogP contribution in [0.25, 0.3) is 0 Å². The predicted octanol–water partition coefficient (Wildman–Crippen LogP) is 3.54. The van der Waals surface area contributed by atoms with E-state index in [1.54, 1.807) is 0 Å². The number of nitrogens with one attached hydrogen (secondary N) is 2. The van der Waals surface area contributed by atoms with E-state index in [1.165, 1.54) is 0 Å². The molecule has 2 N–H and O–H groups in total. The number of hydrogen-bond donors (Lipinski definition) is 2. The van der Waals surface area contributed by atoms with Crippen LogP contribution in [0.1, 0.15) is 62.3 Å². The number of urea groups is 1. The summed E-state index contributed by atoms with van der Waals surface area (Å²) in [5, 5.41) is 5.80. The van der Waals surface area contributed by atoms with Crippen LogP contribution in [0.5, 0.6) is 0 Å². The summed E-state index contributed by atoms with van der Waals surface area (Å²) in [4.78, 5) is 11.5. The Labute approximate surface area is 101 Å². The molecular weight excluding hydrogens is 200 g/mol. The van der Waals surface area contributed by atoms with E-state index in [0.717, 1.165) is 0 Å². The first-order valence-corrected chi connectivity index (χ1v) is 6.11. The maximum atomic E-state index is 11.5. The highest BCUT2D eigenvalue weighted by atomic mass is 16.2. The minimum atomic E-state index is -0.179. The van der Waals surface area contributed by atoms with Crippen LogP contribution in [0, 0.1) is 5.41 Å². The van der Waals surface area contributed by atoms with Crippen LogP contribution >= 0.6 is 0 Å². The molecule has 0 rings (SSSR count). The van der Waals surface area contributed by atoms with Crippen molar-refractivity contribution in [1.29, 1.82) is 0 Å². The summed E-state index contributed by atoms with van der Waals surface area (Å²) >= 11 is 0. The van der Waals surface area contributed by atoms with Gasteiger partial charge in [0, 0.05) is 11.6 Å². The lowest BCUT2D eigenvalue weighted by molar-refractivity contribution is 0.214. The molecule has 0 aliphatic carbocycles. The van der Waals surface area contributed by atoms with Gasteiger partial charge in [0.05, 0.1) is 0 Å². The summed E-state index contributed by atoms with van der Waals surface area (Å²) in [7, 11) is 0. The van der Waals surface area contributed by atoms with E-state index in [2.05, 4.69) is 31.4 Å². The van der Waals surface area contributed by atoms with Gasteiger partial charge in [0.25, 0.3) is 0 Å². The summed E-state index contributed by atoms with van der Waals surface area (Å²) in [6, 6.07) is 0.0600. The molecule has 0 aliphatic rings. The van der Waals surface area contributed by atoms with E-state index in [0.29, 0.717) is 0 Å². The fourth-order valence-corrected chi connectivity index (χ4v) is 0.790. The van der Waals surface area contributed by atoms with Crippen molar-refractivity contribution in [2.24, 2.45) is 5.41 Å². The van der Waals surface area contributed by atoms with Gasteiger partial charge in [-0.25, -0.2) is 4.79 Å². The van der Waals surface area contributed by atoms with Gasteiger partial charge >= 0.3 is 6.03 Å². The molecule has 1 unspecified atom stereocenters. The largest absolute Gasteiger partial charge is 0.335 e. The highest BCUT2D eigenvalue weighted by Crippen LogP contribution is 2.18. The van der Waals surface area contributed by atoms with E-state index in [-0.39, 0.29) is 23.0 Å². The van der Waals surface area contributed by atoms with Gasteiger partial charge in [-0.1, -0.05) is 34.6 Å². The van der Waals surface area contributed by atoms with Gasteiger partial charge in [-0.15, -0.1) is 0 Å². The van der Waals surface area contributed by atoms with Crippen LogP contribution in [0.3, 0.4) is 0 Å². The maximum Gasteiger partial charge on any atom is 0.315 e. The standard InChI is InChI=1S/C11H24N2O.C2H6/c1-8(10(2,3)4)12-9(14)13-11(5,6)7;1-2/h8H,1-7H3,(H2,12,13,14);1-2H3. The molecule has 16 heavy (non-hydrogen) atoms. The smallest absolute Gasteiger partial charge is 0.315 e. The van der Waals surface area contributed by atoms with Gasteiger partial charge in [-0.05, 0) is 33.1 Å². The number of carbonyl (C=O) groups excluding carboxylic acids is 1. The van der Waals surface area contributed by atoms with Crippen LogP contribution in [-0.4, -0.2) is 17.6 Å². The average Bonchev–Trinajstić information content (AvgIpc) is 2.02. The molecule has 0 saturated heterocycles. The molecule has 0 heterocycles. The molecule has 0 aliphatic heterocycles. The van der Waals surface area contributed by atoms with Crippen LogP contribution in [0.15, 0.2) is 0 Å². The van der Waals surface area contributed by atoms with Crippen molar-refractivity contribution >= 4 is 6.03 Å². The first kappa shape index (κ1) is 17.7. The van der Waals surface area contributed by atoms with Crippen molar-refractivity contribution in [3.05, 3.63) is 0 Å². The Morgan fingerprint density at radius 1 is 1.00 bits per heavy atom. The average molecular weight is 230 g/mol. The predicted molar refractivity (Wildman–Crippen MR) is 71.7 cm³/mol. The van der Waals surface area contributed by atoms with Crippen LogP contribution in [0.4, 0.5) is 4.79 Å². The second-order valence-electron chi connectivity index (χ2n) is 5.94. The fourth-order valence-electron chi connectivity index (χ4n) is 0.790. The summed E-state index contributed by atoms with van der Waals surface area (Å²) in [5.74, 6) is 0. The lowest BCUT2D eigenvalue weighted by atomic mass is 9.88. The summed E-state index contributed by atoms with van der Waals surface area (Å²) < 4.78 is 0. The second-order valence-corrected chi connectivity index (χ2v) is 5.94. The minimum absolute atomic E-state index is 0.0925. The number of amides is 2. The van der Waals surface area contributed by atoms with E-state index < -0.39 is 0 Å². The molecule has 0 fully saturated rings. The molecule has 0 bridgehead atoms. The zero-order chi connectivity index (χ0) is 13.6. The van der Waals surface area contributed by atoms with Gasteiger partial charge in [-0.2, -0.15) is 0 Å². The van der Waals surface area contributed by atoms with Crippen molar-refractivity contribution in [3.8, 4) is 0 Å². The van der Waals surface area contributed by atoms with Crippen LogP contribution < -0.4 is 10.6 Å². The zero-order valence-corrected chi connectivity index (χ0v) is 12.5. The summed E-state index contributed by atoms with van der Waals surface area (Å²) in [6.07, 6.45) is 0. The van der Waals surface area contributed by atoms with Crippen LogP contribution in [0.2, 0.25) is 0 Å². The van der Waals surface area contributed by atoms with Crippen molar-refractivity contribution in [1.82, 2.24) is 10.6 Å². The third-order valence-electron chi connectivity index (χ3n) is 2.14. The third kappa shape index (κ3) is 9.81. The van der Waals surface area contributed by atoms with Gasteiger partial charge in [0.2, 0.25) is 0 Å². The topological polar surface area (TPSA) is 41.1 Å². The monoisotopic (exact) mass is 230 g/mol. The molecule has 0 spiro atoms. The highest BCUT2D eigenvalue weighted by Gasteiger charge is 2.23. The Balaban J connectivity index is 0. The SMILES string of the molecule is CC.CC(NC(=O)NC(C)(C)C)C(C)(C)C. The third-order valence-corrected chi connectivity index (χ3v) is 2.14. The first-order valence-electron chi connectivity index (χ1n) is 6.11. The normalized spacial score (nSPS) is 13.3. The quantitative estimate of drug-likeness (QED) is 0.710. The van der Waals surface area contributed by atoms with Crippen LogP contribution in [-0.2, 0) is 0 Å². The van der Waals surface area contributed by atoms with Crippen molar-refractivity contribution in [3.63, 3.8) is 0 Å². The van der Waals surface area contributed by atoms with E-state index >= 15 is 0 Å². The van der Waals surface area contributed by atoms with Gasteiger partial charge < -0.3 is 10.6 Å². The van der Waals surface area contributed by atoms with E-state index in [1.807, 2.05) is 41.5 Å². The van der Waals surface area contributed by atoms with Crippen molar-refractivity contribution < 1.29 is 4.79 Å². The van der Waals surface area contributed by atoms with Crippen molar-refractivity contribution in [2.75, 3.05) is 0 Å². The Morgan fingerprint density at radius 2 is 1.38 bits per heavy atom. The molecule has 0 radical (unpaired) electrons. The Hall–Kier alpha value is -0.730. The maximum absolute atomic E-state index is 11.5. The van der Waals surface area contributed by atoms with E-state index in [4.69, 9.17) is 0 Å². The van der Waals surface area contributed by atoms with Gasteiger partial charge in [-0.3, -0.25) is 0 Å². The molecule has 0 aromatic rings. The lowest BCUT2D eigenvalue weighted by Gasteiger charge is -2.30. The second kappa shape index (κ2) is 6.77. The number of carbonyl (C=O) groups is 1. The molecule has 3 nitrogen and oxygen atoms in total. The number of rotatable bonds is 1. The molecule has 3 heteroatoms. The molecule has 0 aromatic carbocycles. The Kier molecular flexibility index (Phi) is 7.47. The first-order chi connectivity index (χ1) is 7.02. The van der Waals surface area contributed by atoms with Crippen molar-refractivity contribution in [2.45, 2.75) is 73.9 Å². The molecule has 1 atom stereocenters. The summed E-state index contributed by atoms with van der Waals surface area (Å²) in [6.45, 7) is 18.2. The fraction of sp³-hybridized carbons (Fsp3) is 0.923. The van der Waals surface area contributed by atoms with Gasteiger partial charge in [0.1, 0.15) is 0 Å². The number of hydrogen-bond acceptors (Lipinski definition) is 1. The minimum Gasteiger partial charge on any atom is -0.335 e. The zero-order valence-electron chi connectivity index (χ0n) is 12.5. The lowest BCUT2D eigenvalue weighted by Crippen LogP contribution is -2.51. The molecule has 2 amide bonds. The van der Waals surface area contributed by atoms with Gasteiger partial charge in [0.15, 0.2) is 0 Å². The summed E-state index contributed by atoms with van der Waals surface area (Å²) in [5.41, 5.74) is -0.0864. The highest BCUT2D eigenvalue weighted by molar-refractivity contribution is 5.75. The molecule has 0 saturated carbocycles.